The van der Waals surface area contributed by atoms with Crippen LogP contribution < -0.4 is 0 Å². The lowest BCUT2D eigenvalue weighted by molar-refractivity contribution is 0.290. The molecule has 0 aliphatic rings. The number of aliphatic hydroxyl groups is 1. The van der Waals surface area contributed by atoms with Crippen LogP contribution in [0.4, 0.5) is 0 Å². The quantitative estimate of drug-likeness (QED) is 0.497. The van der Waals surface area contributed by atoms with E-state index in [0.717, 1.165) is 12.2 Å². The fourth-order valence-electron chi connectivity index (χ4n) is 0.231. The second kappa shape index (κ2) is 4.94. The van der Waals surface area contributed by atoms with E-state index in [-0.39, 0.29) is 6.61 Å². The molecule has 1 N–H and O–H groups in total. The predicted molar refractivity (Wildman–Crippen MR) is 38.3 cm³/mol. The highest BCUT2D eigenvalue weighted by molar-refractivity contribution is 9.09. The molecule has 7 heavy (non-hydrogen) atoms. The van der Waals surface area contributed by atoms with Crippen molar-refractivity contribution < 1.29 is 5.11 Å². The van der Waals surface area contributed by atoms with Gasteiger partial charge in [0, 0.05) is 17.2 Å². The van der Waals surface area contributed by atoms with E-state index in [1.54, 1.807) is 0 Å². The summed E-state index contributed by atoms with van der Waals surface area (Å²) in [6.45, 7) is 0.247. The number of alkyl halides is 1. The van der Waals surface area contributed by atoms with Gasteiger partial charge in [-0.15, -0.1) is 0 Å². The van der Waals surface area contributed by atoms with E-state index in [1.165, 1.54) is 0 Å². The zero-order chi connectivity index (χ0) is 5.70. The lowest BCUT2D eigenvalue weighted by Gasteiger charge is -1.99. The van der Waals surface area contributed by atoms with Crippen LogP contribution in [0.3, 0.4) is 0 Å². The molecule has 0 aromatic heterocycles. The Morgan fingerprint density at radius 3 is 2.43 bits per heavy atom. The molecule has 0 amide bonds. The summed E-state index contributed by atoms with van der Waals surface area (Å²) >= 11 is 7.29. The molecular weight excluding hydrogens is 176 g/mol. The van der Waals surface area contributed by atoms with Gasteiger partial charge >= 0.3 is 0 Å². The summed E-state index contributed by atoms with van der Waals surface area (Å²) in [5, 5.41) is 8.30. The third-order valence-corrected chi connectivity index (χ3v) is 2.36. The van der Waals surface area contributed by atoms with Gasteiger partial charge in [-0.2, -0.15) is 12.6 Å². The molecule has 3 heteroatoms. The minimum Gasteiger partial charge on any atom is -0.396 e. The minimum atomic E-state index is 0.247. The van der Waals surface area contributed by atoms with Gasteiger partial charge in [0.25, 0.3) is 0 Å². The molecule has 1 nitrogen and oxygen atoms in total. The Hall–Kier alpha value is 0.790. The van der Waals surface area contributed by atoms with Crippen LogP contribution in [0.2, 0.25) is 0 Å². The van der Waals surface area contributed by atoms with Crippen LogP contribution >= 0.6 is 28.6 Å². The summed E-state index contributed by atoms with van der Waals surface area (Å²) in [5.74, 6) is 0.792. The largest absolute Gasteiger partial charge is 0.396 e. The molecule has 0 spiro atoms. The molecule has 1 atom stereocenters. The third-order valence-electron chi connectivity index (χ3n) is 0.640. The lowest BCUT2D eigenvalue weighted by Crippen LogP contribution is -2.01. The Bertz CT molecular complexity index is 42.7. The SMILES string of the molecule is OCCC(Br)CS. The van der Waals surface area contributed by atoms with Crippen molar-refractivity contribution >= 4 is 28.6 Å². The average Bonchev–Trinajstić information content (AvgIpc) is 1.68. The molecule has 0 fully saturated rings. The van der Waals surface area contributed by atoms with Crippen molar-refractivity contribution in [1.29, 1.82) is 0 Å². The van der Waals surface area contributed by atoms with Crippen LogP contribution in [-0.4, -0.2) is 22.3 Å². The van der Waals surface area contributed by atoms with E-state index in [0.29, 0.717) is 4.83 Å². The molecule has 0 aromatic rings. The lowest BCUT2D eigenvalue weighted by atomic mass is 10.4. The van der Waals surface area contributed by atoms with E-state index >= 15 is 0 Å². The predicted octanol–water partition coefficient (Wildman–Crippen LogP) is 1.06. The minimum absolute atomic E-state index is 0.247. The fraction of sp³-hybridized carbons (Fsp3) is 1.00. The van der Waals surface area contributed by atoms with Gasteiger partial charge in [0.05, 0.1) is 0 Å². The van der Waals surface area contributed by atoms with Gasteiger partial charge in [-0.3, -0.25) is 0 Å². The highest BCUT2D eigenvalue weighted by Gasteiger charge is 1.96. The second-order valence-corrected chi connectivity index (χ2v) is 2.95. The maximum atomic E-state index is 8.30. The molecule has 0 bridgehead atoms. The molecule has 0 aromatic carbocycles. The zero-order valence-corrected chi connectivity index (χ0v) is 6.45. The van der Waals surface area contributed by atoms with Crippen molar-refractivity contribution in [2.45, 2.75) is 11.2 Å². The van der Waals surface area contributed by atoms with Gasteiger partial charge in [0.2, 0.25) is 0 Å². The van der Waals surface area contributed by atoms with Gasteiger partial charge in [-0.25, -0.2) is 0 Å². The van der Waals surface area contributed by atoms with Crippen LogP contribution in [0.5, 0.6) is 0 Å². The highest BCUT2D eigenvalue weighted by atomic mass is 79.9. The first kappa shape index (κ1) is 7.79. The first-order valence-electron chi connectivity index (χ1n) is 2.17. The van der Waals surface area contributed by atoms with Gasteiger partial charge in [0.1, 0.15) is 0 Å². The maximum Gasteiger partial charge on any atom is 0.0441 e. The van der Waals surface area contributed by atoms with E-state index in [4.69, 9.17) is 5.11 Å². The Morgan fingerprint density at radius 2 is 2.29 bits per heavy atom. The molecule has 0 radical (unpaired) electrons. The molecule has 0 saturated carbocycles. The smallest absolute Gasteiger partial charge is 0.0441 e. The zero-order valence-electron chi connectivity index (χ0n) is 3.97. The molecule has 0 saturated heterocycles. The van der Waals surface area contributed by atoms with E-state index < -0.39 is 0 Å². The Morgan fingerprint density at radius 1 is 1.71 bits per heavy atom. The van der Waals surface area contributed by atoms with Gasteiger partial charge in [-0.1, -0.05) is 15.9 Å². The number of aliphatic hydroxyl groups excluding tert-OH is 1. The van der Waals surface area contributed by atoms with Crippen LogP contribution in [-0.2, 0) is 0 Å². The normalized spacial score (nSPS) is 14.1. The first-order valence-corrected chi connectivity index (χ1v) is 3.72. The van der Waals surface area contributed by atoms with Gasteiger partial charge < -0.3 is 5.11 Å². The second-order valence-electron chi connectivity index (χ2n) is 1.29. The number of halogens is 1. The number of hydrogen-bond donors (Lipinski definition) is 2. The van der Waals surface area contributed by atoms with Crippen LogP contribution in [0.15, 0.2) is 0 Å². The molecule has 0 heterocycles. The van der Waals surface area contributed by atoms with E-state index in [2.05, 4.69) is 28.6 Å². The standard InChI is InChI=1S/C4H9BrOS/c5-4(3-7)1-2-6/h4,6-7H,1-3H2. The van der Waals surface area contributed by atoms with Crippen LogP contribution in [0.25, 0.3) is 0 Å². The van der Waals surface area contributed by atoms with Crippen LogP contribution in [0, 0.1) is 0 Å². The summed E-state index contributed by atoms with van der Waals surface area (Å²) in [4.78, 5) is 0.376. The van der Waals surface area contributed by atoms with E-state index in [9.17, 15) is 0 Å². The van der Waals surface area contributed by atoms with Crippen LogP contribution in [0.1, 0.15) is 6.42 Å². The van der Waals surface area contributed by atoms with Crippen molar-refractivity contribution in [3.8, 4) is 0 Å². The van der Waals surface area contributed by atoms with E-state index in [1.807, 2.05) is 0 Å². The summed E-state index contributed by atoms with van der Waals surface area (Å²) < 4.78 is 0. The molecule has 1 unspecified atom stereocenters. The molecule has 0 rings (SSSR count). The summed E-state index contributed by atoms with van der Waals surface area (Å²) in [7, 11) is 0. The molecule has 0 aliphatic heterocycles. The topological polar surface area (TPSA) is 20.2 Å². The molecule has 0 aliphatic carbocycles. The monoisotopic (exact) mass is 184 g/mol. The molecular formula is C4H9BrOS. The fourth-order valence-corrected chi connectivity index (χ4v) is 0.619. The van der Waals surface area contributed by atoms with Crippen molar-refractivity contribution in [2.75, 3.05) is 12.4 Å². The first-order chi connectivity index (χ1) is 3.31. The van der Waals surface area contributed by atoms with Crippen molar-refractivity contribution in [1.82, 2.24) is 0 Å². The summed E-state index contributed by atoms with van der Waals surface area (Å²) in [6, 6.07) is 0. The van der Waals surface area contributed by atoms with Gasteiger partial charge in [-0.05, 0) is 6.42 Å². The number of thiol groups is 1. The number of hydrogen-bond acceptors (Lipinski definition) is 2. The Labute approximate surface area is 57.7 Å². The summed E-state index contributed by atoms with van der Waals surface area (Å²) in [6.07, 6.45) is 0.795. The Kier molecular flexibility index (Phi) is 5.49. The maximum absolute atomic E-state index is 8.30. The Balaban J connectivity index is 2.83. The number of rotatable bonds is 3. The molecule has 44 valence electrons. The van der Waals surface area contributed by atoms with Crippen molar-refractivity contribution in [2.24, 2.45) is 0 Å². The van der Waals surface area contributed by atoms with Crippen molar-refractivity contribution in [3.63, 3.8) is 0 Å². The average molecular weight is 185 g/mol. The third kappa shape index (κ3) is 4.65. The van der Waals surface area contributed by atoms with Gasteiger partial charge in [0.15, 0.2) is 0 Å². The summed E-state index contributed by atoms with van der Waals surface area (Å²) in [5.41, 5.74) is 0. The highest BCUT2D eigenvalue weighted by Crippen LogP contribution is 2.04. The van der Waals surface area contributed by atoms with Crippen molar-refractivity contribution in [3.05, 3.63) is 0 Å².